The van der Waals surface area contributed by atoms with Crippen LogP contribution in [0.2, 0.25) is 0 Å². The van der Waals surface area contributed by atoms with Crippen molar-refractivity contribution in [3.8, 4) is 11.1 Å². The van der Waals surface area contributed by atoms with E-state index in [1.807, 2.05) is 35.2 Å². The van der Waals surface area contributed by atoms with Gasteiger partial charge in [-0.2, -0.15) is 0 Å². The Morgan fingerprint density at radius 2 is 1.90 bits per heavy atom. The van der Waals surface area contributed by atoms with Crippen LogP contribution in [-0.4, -0.2) is 44.0 Å². The molecule has 0 atom stereocenters. The van der Waals surface area contributed by atoms with Crippen LogP contribution in [0, 0.1) is 0 Å². The van der Waals surface area contributed by atoms with Gasteiger partial charge in [-0.3, -0.25) is 10.3 Å². The largest absolute Gasteiger partial charge is 0.324 e. The summed E-state index contributed by atoms with van der Waals surface area (Å²) in [5.74, 6) is 0. The number of hydrogen-bond acceptors (Lipinski definition) is 6. The molecule has 1 aliphatic rings. The van der Waals surface area contributed by atoms with E-state index in [0.717, 1.165) is 39.9 Å². The third-order valence-electron chi connectivity index (χ3n) is 5.23. The molecule has 0 saturated carbocycles. The summed E-state index contributed by atoms with van der Waals surface area (Å²) in [6.07, 6.45) is 10.7. The van der Waals surface area contributed by atoms with E-state index in [0.29, 0.717) is 18.2 Å². The molecule has 1 fully saturated rings. The predicted octanol–water partition coefficient (Wildman–Crippen LogP) is 4.86. The molecule has 0 bridgehead atoms. The van der Waals surface area contributed by atoms with Crippen molar-refractivity contribution in [1.82, 2.24) is 24.8 Å². The van der Waals surface area contributed by atoms with E-state index < -0.39 is 0 Å². The van der Waals surface area contributed by atoms with Crippen LogP contribution in [0.3, 0.4) is 0 Å². The number of benzene rings is 1. The number of rotatable bonds is 3. The number of aromatic nitrogens is 4. The zero-order valence-electron chi connectivity index (χ0n) is 16.7. The first-order chi connectivity index (χ1) is 15.2. The van der Waals surface area contributed by atoms with E-state index in [4.69, 9.17) is 0 Å². The molecule has 154 valence electrons. The Hall–Kier alpha value is -3.65. The Balaban J connectivity index is 1.24. The lowest BCUT2D eigenvalue weighted by molar-refractivity contribution is 0.208. The Morgan fingerprint density at radius 3 is 2.68 bits per heavy atom. The summed E-state index contributed by atoms with van der Waals surface area (Å²) in [4.78, 5) is 31.6. The number of thiazole rings is 1. The Morgan fingerprint density at radius 1 is 1.06 bits per heavy atom. The molecule has 3 aromatic heterocycles. The summed E-state index contributed by atoms with van der Waals surface area (Å²) in [6.45, 7) is 1.38. The number of nitrogens with one attached hydrogen (secondary N) is 1. The third-order valence-corrected chi connectivity index (χ3v) is 6.16. The van der Waals surface area contributed by atoms with Crippen molar-refractivity contribution < 1.29 is 4.79 Å². The summed E-state index contributed by atoms with van der Waals surface area (Å²) in [7, 11) is 0. The number of amides is 2. The van der Waals surface area contributed by atoms with Gasteiger partial charge in [0.15, 0.2) is 5.13 Å². The van der Waals surface area contributed by atoms with Gasteiger partial charge in [0, 0.05) is 37.2 Å². The lowest BCUT2D eigenvalue weighted by atomic mass is 10.0. The Labute approximate surface area is 183 Å². The van der Waals surface area contributed by atoms with Gasteiger partial charge in [0.1, 0.15) is 6.33 Å². The molecular weight excluding hydrogens is 408 g/mol. The number of nitrogens with zero attached hydrogens (tertiary/aromatic N) is 5. The minimum Gasteiger partial charge on any atom is -0.324 e. The summed E-state index contributed by atoms with van der Waals surface area (Å²) in [5, 5.41) is 3.57. The molecule has 0 spiro atoms. The topological polar surface area (TPSA) is 83.9 Å². The fourth-order valence-electron chi connectivity index (χ4n) is 3.59. The van der Waals surface area contributed by atoms with Gasteiger partial charge in [0.05, 0.1) is 15.9 Å². The van der Waals surface area contributed by atoms with E-state index in [9.17, 15) is 4.79 Å². The van der Waals surface area contributed by atoms with Crippen LogP contribution in [0.25, 0.3) is 27.4 Å². The van der Waals surface area contributed by atoms with Gasteiger partial charge in [0.25, 0.3) is 0 Å². The van der Waals surface area contributed by atoms with Crippen molar-refractivity contribution in [2.24, 2.45) is 0 Å². The standard InChI is InChI=1S/C23H20N6OS/c30-23(29-9-6-16(7-10-29)11-19-3-1-2-8-26-19)28-22-27-20-5-4-17(12-21(20)31-22)18-13-24-15-25-14-18/h1-5,8,11-15H,6-7,9-10H2,(H,27,28,30). The molecule has 1 saturated heterocycles. The van der Waals surface area contributed by atoms with Crippen molar-refractivity contribution >= 4 is 38.8 Å². The maximum atomic E-state index is 12.7. The van der Waals surface area contributed by atoms with Crippen molar-refractivity contribution in [3.63, 3.8) is 0 Å². The molecule has 2 amide bonds. The molecule has 0 unspecified atom stereocenters. The minimum atomic E-state index is -0.104. The van der Waals surface area contributed by atoms with Crippen molar-refractivity contribution in [2.45, 2.75) is 12.8 Å². The van der Waals surface area contributed by atoms with Gasteiger partial charge < -0.3 is 4.90 Å². The first-order valence-corrected chi connectivity index (χ1v) is 10.9. The molecule has 5 rings (SSSR count). The molecule has 0 radical (unpaired) electrons. The highest BCUT2D eigenvalue weighted by molar-refractivity contribution is 7.22. The van der Waals surface area contributed by atoms with Crippen LogP contribution in [0.1, 0.15) is 18.5 Å². The van der Waals surface area contributed by atoms with E-state index >= 15 is 0 Å². The smallest absolute Gasteiger partial charge is 0.323 e. The molecule has 8 heteroatoms. The zero-order valence-corrected chi connectivity index (χ0v) is 17.5. The van der Waals surface area contributed by atoms with Crippen LogP contribution in [-0.2, 0) is 0 Å². The van der Waals surface area contributed by atoms with Crippen LogP contribution >= 0.6 is 11.3 Å². The maximum absolute atomic E-state index is 12.7. The second-order valence-corrected chi connectivity index (χ2v) is 8.33. The molecule has 31 heavy (non-hydrogen) atoms. The quantitative estimate of drug-likeness (QED) is 0.504. The highest BCUT2D eigenvalue weighted by atomic mass is 32.1. The van der Waals surface area contributed by atoms with Crippen LogP contribution in [0.5, 0.6) is 0 Å². The van der Waals surface area contributed by atoms with Gasteiger partial charge in [-0.15, -0.1) is 0 Å². The Kier molecular flexibility index (Phi) is 5.37. The predicted molar refractivity (Wildman–Crippen MR) is 123 cm³/mol. The van der Waals surface area contributed by atoms with Crippen molar-refractivity contribution in [3.05, 3.63) is 72.6 Å². The molecule has 1 aliphatic heterocycles. The number of urea groups is 1. The molecule has 4 aromatic rings. The lowest BCUT2D eigenvalue weighted by Gasteiger charge is -2.28. The number of anilines is 1. The van der Waals surface area contributed by atoms with E-state index in [1.165, 1.54) is 23.2 Å². The van der Waals surface area contributed by atoms with Gasteiger partial charge >= 0.3 is 6.03 Å². The summed E-state index contributed by atoms with van der Waals surface area (Å²) < 4.78 is 1.01. The van der Waals surface area contributed by atoms with Gasteiger partial charge in [-0.25, -0.2) is 19.7 Å². The number of carbonyl (C=O) groups excluding carboxylic acids is 1. The fraction of sp³-hybridized carbons (Fsp3) is 0.174. The first-order valence-electron chi connectivity index (χ1n) is 10.1. The van der Waals surface area contributed by atoms with E-state index in [2.05, 4.69) is 37.4 Å². The highest BCUT2D eigenvalue weighted by Crippen LogP contribution is 2.30. The third kappa shape index (κ3) is 4.44. The molecule has 0 aliphatic carbocycles. The molecule has 7 nitrogen and oxygen atoms in total. The number of hydrogen-bond donors (Lipinski definition) is 1. The second kappa shape index (κ2) is 8.61. The lowest BCUT2D eigenvalue weighted by Crippen LogP contribution is -2.39. The van der Waals surface area contributed by atoms with Gasteiger partial charge in [-0.05, 0) is 48.7 Å². The van der Waals surface area contributed by atoms with Crippen molar-refractivity contribution in [2.75, 3.05) is 18.4 Å². The van der Waals surface area contributed by atoms with Crippen molar-refractivity contribution in [1.29, 1.82) is 0 Å². The number of pyridine rings is 1. The maximum Gasteiger partial charge on any atom is 0.323 e. The van der Waals surface area contributed by atoms with Crippen LogP contribution < -0.4 is 5.32 Å². The monoisotopic (exact) mass is 428 g/mol. The Bertz CT molecular complexity index is 1230. The second-order valence-electron chi connectivity index (χ2n) is 7.30. The van der Waals surface area contributed by atoms with Gasteiger partial charge in [0.2, 0.25) is 0 Å². The summed E-state index contributed by atoms with van der Waals surface area (Å²) >= 11 is 1.47. The molecule has 1 aromatic carbocycles. The minimum absolute atomic E-state index is 0.104. The SMILES string of the molecule is O=C(Nc1nc2ccc(-c3cncnc3)cc2s1)N1CCC(=Cc2ccccn2)CC1. The average molecular weight is 429 g/mol. The fourth-order valence-corrected chi connectivity index (χ4v) is 4.48. The first kappa shape index (κ1) is 19.3. The number of fused-ring (bicyclic) bond motifs is 1. The number of carbonyl (C=O) groups is 1. The number of likely N-dealkylation sites (tertiary alicyclic amines) is 1. The van der Waals surface area contributed by atoms with Crippen LogP contribution in [0.4, 0.5) is 9.93 Å². The summed E-state index contributed by atoms with van der Waals surface area (Å²) in [6, 6.07) is 11.8. The summed E-state index contributed by atoms with van der Waals surface area (Å²) in [5.41, 5.74) is 5.12. The highest BCUT2D eigenvalue weighted by Gasteiger charge is 2.20. The molecule has 4 heterocycles. The average Bonchev–Trinajstić information content (AvgIpc) is 3.22. The molecule has 1 N–H and O–H groups in total. The number of piperidine rings is 1. The zero-order chi connectivity index (χ0) is 21.0. The molecular formula is C23H20N6OS. The van der Waals surface area contributed by atoms with E-state index in [-0.39, 0.29) is 6.03 Å². The van der Waals surface area contributed by atoms with Gasteiger partial charge in [-0.1, -0.05) is 29.0 Å². The normalized spacial score (nSPS) is 13.9. The van der Waals surface area contributed by atoms with Crippen LogP contribution in [0.15, 0.2) is 66.9 Å². The van der Waals surface area contributed by atoms with E-state index in [1.54, 1.807) is 18.6 Å².